The van der Waals surface area contributed by atoms with Gasteiger partial charge in [-0.3, -0.25) is 0 Å². The van der Waals surface area contributed by atoms with Crippen LogP contribution >= 0.6 is 24.0 Å². The maximum atomic E-state index is 5.84. The van der Waals surface area contributed by atoms with Crippen molar-refractivity contribution in [2.45, 2.75) is 44.7 Å². The highest BCUT2D eigenvalue weighted by atomic mass is 127. The first kappa shape index (κ1) is 15.1. The van der Waals surface area contributed by atoms with Crippen molar-refractivity contribution in [3.8, 4) is 0 Å². The molecule has 1 aromatic heterocycles. The molecular formula is C12H20IN5. The average molecular weight is 361 g/mol. The number of hydrogen-bond donors (Lipinski definition) is 2. The minimum absolute atomic E-state index is 0. The molecule has 100 valence electrons. The number of aromatic nitrogens is 2. The molecule has 0 aromatic carbocycles. The molecule has 0 atom stereocenters. The van der Waals surface area contributed by atoms with Crippen LogP contribution in [0.5, 0.6) is 0 Å². The molecule has 0 aliphatic heterocycles. The van der Waals surface area contributed by atoms with Crippen LogP contribution in [0.15, 0.2) is 23.3 Å². The number of rotatable bonds is 3. The molecule has 1 heterocycles. The van der Waals surface area contributed by atoms with Crippen LogP contribution in [-0.4, -0.2) is 22.2 Å². The Morgan fingerprint density at radius 3 is 2.83 bits per heavy atom. The number of nitrogens with zero attached hydrogens (tertiary/aromatic N) is 3. The quantitative estimate of drug-likeness (QED) is 0.489. The lowest BCUT2D eigenvalue weighted by atomic mass is 9.96. The molecule has 1 saturated carbocycles. The summed E-state index contributed by atoms with van der Waals surface area (Å²) in [5.41, 5.74) is 6.68. The second-order valence-electron chi connectivity index (χ2n) is 4.40. The lowest BCUT2D eigenvalue weighted by Gasteiger charge is -2.23. The fourth-order valence-corrected chi connectivity index (χ4v) is 2.09. The Hall–Kier alpha value is -0.920. The second kappa shape index (κ2) is 8.23. The molecule has 0 radical (unpaired) electrons. The molecule has 0 amide bonds. The van der Waals surface area contributed by atoms with E-state index in [9.17, 15) is 0 Å². The number of nitrogens with one attached hydrogen (secondary N) is 1. The number of hydrogen-bond acceptors (Lipinski definition) is 3. The normalized spacial score (nSPS) is 17.0. The number of aliphatic imine (C=N–C) groups is 1. The molecule has 1 aromatic rings. The third-order valence-electron chi connectivity index (χ3n) is 3.00. The standard InChI is InChI=1S/C12H19N5.HI/c13-12(16-10-5-2-1-3-6-10)14-9-11-7-4-8-15-17-11;/h4,7-8,10H,1-3,5-6,9H2,(H3,13,14,16);1H. The van der Waals surface area contributed by atoms with E-state index in [-0.39, 0.29) is 24.0 Å². The topological polar surface area (TPSA) is 76.2 Å². The van der Waals surface area contributed by atoms with E-state index in [1.807, 2.05) is 12.1 Å². The number of halogens is 1. The third kappa shape index (κ3) is 5.16. The summed E-state index contributed by atoms with van der Waals surface area (Å²) in [6.07, 6.45) is 7.96. The van der Waals surface area contributed by atoms with Gasteiger partial charge >= 0.3 is 0 Å². The van der Waals surface area contributed by atoms with Crippen LogP contribution in [0.2, 0.25) is 0 Å². The molecule has 0 bridgehead atoms. The molecular weight excluding hydrogens is 341 g/mol. The lowest BCUT2D eigenvalue weighted by molar-refractivity contribution is 0.412. The highest BCUT2D eigenvalue weighted by Crippen LogP contribution is 2.16. The van der Waals surface area contributed by atoms with Crippen LogP contribution in [0.4, 0.5) is 0 Å². The van der Waals surface area contributed by atoms with Crippen LogP contribution < -0.4 is 11.1 Å². The van der Waals surface area contributed by atoms with Gasteiger partial charge in [0, 0.05) is 12.2 Å². The molecule has 5 nitrogen and oxygen atoms in total. The number of nitrogens with two attached hydrogens (primary N) is 1. The van der Waals surface area contributed by atoms with Gasteiger partial charge in [0.05, 0.1) is 12.2 Å². The van der Waals surface area contributed by atoms with Gasteiger partial charge < -0.3 is 11.1 Å². The Balaban J connectivity index is 0.00000162. The summed E-state index contributed by atoms with van der Waals surface area (Å²) in [7, 11) is 0. The molecule has 3 N–H and O–H groups in total. The van der Waals surface area contributed by atoms with Crippen molar-refractivity contribution in [3.63, 3.8) is 0 Å². The summed E-state index contributed by atoms with van der Waals surface area (Å²) in [5.74, 6) is 0.516. The van der Waals surface area contributed by atoms with Gasteiger partial charge in [0.2, 0.25) is 0 Å². The first-order valence-corrected chi connectivity index (χ1v) is 6.17. The van der Waals surface area contributed by atoms with E-state index in [1.165, 1.54) is 32.1 Å². The molecule has 1 aliphatic carbocycles. The van der Waals surface area contributed by atoms with Crippen molar-refractivity contribution >= 4 is 29.9 Å². The van der Waals surface area contributed by atoms with E-state index in [0.717, 1.165) is 5.69 Å². The van der Waals surface area contributed by atoms with Crippen LogP contribution in [0.25, 0.3) is 0 Å². The highest BCUT2D eigenvalue weighted by molar-refractivity contribution is 14.0. The Morgan fingerprint density at radius 2 is 2.17 bits per heavy atom. The first-order chi connectivity index (χ1) is 8.34. The highest BCUT2D eigenvalue weighted by Gasteiger charge is 2.13. The molecule has 18 heavy (non-hydrogen) atoms. The number of guanidine groups is 1. The van der Waals surface area contributed by atoms with Crippen LogP contribution in [0.1, 0.15) is 37.8 Å². The third-order valence-corrected chi connectivity index (χ3v) is 3.00. The maximum absolute atomic E-state index is 5.84. The van der Waals surface area contributed by atoms with E-state index in [0.29, 0.717) is 18.5 Å². The van der Waals surface area contributed by atoms with E-state index in [4.69, 9.17) is 5.73 Å². The molecule has 6 heteroatoms. The van der Waals surface area contributed by atoms with Crippen molar-refractivity contribution in [2.24, 2.45) is 10.7 Å². The van der Waals surface area contributed by atoms with Crippen LogP contribution in [0.3, 0.4) is 0 Å². The van der Waals surface area contributed by atoms with E-state index >= 15 is 0 Å². The molecule has 1 fully saturated rings. The Labute approximate surface area is 125 Å². The van der Waals surface area contributed by atoms with Gasteiger partial charge in [0.25, 0.3) is 0 Å². The average Bonchev–Trinajstić information content (AvgIpc) is 2.39. The summed E-state index contributed by atoms with van der Waals surface area (Å²) in [6, 6.07) is 4.24. The molecule has 1 aliphatic rings. The summed E-state index contributed by atoms with van der Waals surface area (Å²) in [4.78, 5) is 4.27. The van der Waals surface area contributed by atoms with Gasteiger partial charge in [-0.1, -0.05) is 19.3 Å². The zero-order chi connectivity index (χ0) is 11.9. The fraction of sp³-hybridized carbons (Fsp3) is 0.583. The summed E-state index contributed by atoms with van der Waals surface area (Å²) < 4.78 is 0. The van der Waals surface area contributed by atoms with Crippen molar-refractivity contribution < 1.29 is 0 Å². The van der Waals surface area contributed by atoms with Gasteiger partial charge in [-0.05, 0) is 25.0 Å². The van der Waals surface area contributed by atoms with Crippen molar-refractivity contribution in [1.82, 2.24) is 15.5 Å². The largest absolute Gasteiger partial charge is 0.370 e. The zero-order valence-electron chi connectivity index (χ0n) is 10.4. The van der Waals surface area contributed by atoms with E-state index < -0.39 is 0 Å². The summed E-state index contributed by atoms with van der Waals surface area (Å²) in [5, 5.41) is 11.0. The second-order valence-corrected chi connectivity index (χ2v) is 4.40. The summed E-state index contributed by atoms with van der Waals surface area (Å²) in [6.45, 7) is 0.486. The minimum atomic E-state index is 0. The first-order valence-electron chi connectivity index (χ1n) is 6.17. The Bertz CT molecular complexity index is 362. The zero-order valence-corrected chi connectivity index (χ0v) is 12.7. The summed E-state index contributed by atoms with van der Waals surface area (Å²) >= 11 is 0. The van der Waals surface area contributed by atoms with Gasteiger partial charge in [-0.2, -0.15) is 10.2 Å². The molecule has 2 rings (SSSR count). The lowest BCUT2D eigenvalue weighted by Crippen LogP contribution is -2.41. The van der Waals surface area contributed by atoms with Gasteiger partial charge in [-0.25, -0.2) is 4.99 Å². The monoisotopic (exact) mass is 361 g/mol. The molecule has 0 unspecified atom stereocenters. The predicted octanol–water partition coefficient (Wildman–Crippen LogP) is 1.83. The van der Waals surface area contributed by atoms with E-state index in [1.54, 1.807) is 6.20 Å². The Morgan fingerprint density at radius 1 is 1.39 bits per heavy atom. The van der Waals surface area contributed by atoms with Crippen LogP contribution in [-0.2, 0) is 6.54 Å². The predicted molar refractivity (Wildman–Crippen MR) is 82.8 cm³/mol. The molecule has 0 saturated heterocycles. The smallest absolute Gasteiger partial charge is 0.189 e. The Kier molecular flexibility index (Phi) is 6.92. The fourth-order valence-electron chi connectivity index (χ4n) is 2.09. The van der Waals surface area contributed by atoms with Crippen molar-refractivity contribution in [1.29, 1.82) is 0 Å². The van der Waals surface area contributed by atoms with Gasteiger partial charge in [0.1, 0.15) is 0 Å². The minimum Gasteiger partial charge on any atom is -0.370 e. The maximum Gasteiger partial charge on any atom is 0.189 e. The van der Waals surface area contributed by atoms with Gasteiger partial charge in [0.15, 0.2) is 5.96 Å². The SMILES string of the molecule is I.NC(=NCc1cccnn1)NC1CCCCC1. The van der Waals surface area contributed by atoms with Crippen molar-refractivity contribution in [3.05, 3.63) is 24.0 Å². The van der Waals surface area contributed by atoms with Crippen molar-refractivity contribution in [2.75, 3.05) is 0 Å². The molecule has 0 spiro atoms. The van der Waals surface area contributed by atoms with Gasteiger partial charge in [-0.15, -0.1) is 24.0 Å². The van der Waals surface area contributed by atoms with Crippen LogP contribution in [0, 0.1) is 0 Å². The van der Waals surface area contributed by atoms with E-state index in [2.05, 4.69) is 20.5 Å².